The number of halogens is 1. The number of carbonyl (C=O) groups excluding carboxylic acids is 1. The van der Waals surface area contributed by atoms with Crippen molar-refractivity contribution in [2.75, 3.05) is 31.4 Å². The first-order chi connectivity index (χ1) is 13.6. The summed E-state index contributed by atoms with van der Waals surface area (Å²) < 4.78 is 31.4. The molecule has 1 amide bonds. The quantitative estimate of drug-likeness (QED) is 0.454. The lowest BCUT2D eigenvalue weighted by Crippen LogP contribution is -2.32. The van der Waals surface area contributed by atoms with E-state index >= 15 is 4.39 Å². The first kappa shape index (κ1) is 22.4. The van der Waals surface area contributed by atoms with Gasteiger partial charge in [-0.15, -0.1) is 0 Å². The lowest BCUT2D eigenvalue weighted by Gasteiger charge is -2.21. The van der Waals surface area contributed by atoms with Gasteiger partial charge in [0.2, 0.25) is 5.83 Å². The molecule has 0 saturated heterocycles. The van der Waals surface area contributed by atoms with Gasteiger partial charge in [-0.3, -0.25) is 14.4 Å². The zero-order valence-electron chi connectivity index (χ0n) is 17.2. The number of nitrogens with zero attached hydrogens (tertiary/aromatic N) is 2. The summed E-state index contributed by atoms with van der Waals surface area (Å²) in [5.74, 6) is -1.50. The Kier molecular flexibility index (Phi) is 7.35. The normalized spacial score (nSPS) is 12.9. The first-order valence-corrected chi connectivity index (χ1v) is 9.93. The topological polar surface area (TPSA) is 80.5 Å². The predicted octanol–water partition coefficient (Wildman–Crippen LogP) is 3.13. The lowest BCUT2D eigenvalue weighted by molar-refractivity contribution is -0.116. The maximum Gasteiger partial charge on any atom is 0.290 e. The number of amides is 1. The van der Waals surface area contributed by atoms with Crippen molar-refractivity contribution >= 4 is 28.6 Å². The number of nitrogens with one attached hydrogen (secondary N) is 3. The molecule has 0 spiro atoms. The minimum absolute atomic E-state index is 0.0113. The Bertz CT molecular complexity index is 954. The molecule has 156 valence electrons. The third kappa shape index (κ3) is 5.55. The molecule has 1 unspecified atom stereocenters. The molecule has 1 aromatic carbocycles. The van der Waals surface area contributed by atoms with Gasteiger partial charge in [0.15, 0.2) is 11.2 Å². The van der Waals surface area contributed by atoms with Crippen LogP contribution in [0.25, 0.3) is 0 Å². The van der Waals surface area contributed by atoms with Crippen LogP contribution in [0.3, 0.4) is 0 Å². The van der Waals surface area contributed by atoms with Gasteiger partial charge in [-0.25, -0.2) is 8.51 Å². The summed E-state index contributed by atoms with van der Waals surface area (Å²) in [5.41, 5.74) is 2.32. The average Bonchev–Trinajstić information content (AvgIpc) is 3.20. The molecule has 1 aromatic heterocycles. The summed E-state index contributed by atoms with van der Waals surface area (Å²) >= 11 is -1.65. The molecule has 0 aliphatic carbocycles. The maximum absolute atomic E-state index is 15.3. The highest BCUT2D eigenvalue weighted by atomic mass is 32.2. The number of H-pyrrole nitrogens is 1. The largest absolute Gasteiger partial charge is 0.351 e. The van der Waals surface area contributed by atoms with E-state index < -0.39 is 22.9 Å². The highest BCUT2D eigenvalue weighted by Gasteiger charge is 2.24. The number of aryl methyl sites for hydroxylation is 2. The van der Waals surface area contributed by atoms with Crippen molar-refractivity contribution in [2.24, 2.45) is 0 Å². The van der Waals surface area contributed by atoms with Gasteiger partial charge in [-0.2, -0.15) is 4.39 Å². The van der Waals surface area contributed by atoms with Gasteiger partial charge in [-0.1, -0.05) is 24.3 Å². The SMILES string of the molecule is C=C(NS(=O)N(C)C)/C(Nc1ccc(C)cc1C)=C(/F)C(=O)N(C)c1ccc[nH]1. The number of hydrogen-bond acceptors (Lipinski definition) is 3. The van der Waals surface area contributed by atoms with Crippen LogP contribution in [0, 0.1) is 13.8 Å². The molecule has 3 N–H and O–H groups in total. The highest BCUT2D eigenvalue weighted by molar-refractivity contribution is 7.80. The van der Waals surface area contributed by atoms with Crippen LogP contribution in [0.15, 0.2) is 60.3 Å². The molecule has 0 aliphatic heterocycles. The van der Waals surface area contributed by atoms with Gasteiger partial charge in [0.25, 0.3) is 5.91 Å². The van der Waals surface area contributed by atoms with Crippen molar-refractivity contribution in [3.63, 3.8) is 0 Å². The van der Waals surface area contributed by atoms with Crippen molar-refractivity contribution < 1.29 is 13.4 Å². The Morgan fingerprint density at radius 2 is 1.90 bits per heavy atom. The molecular formula is C20H26FN5O2S. The molecule has 29 heavy (non-hydrogen) atoms. The van der Waals surface area contributed by atoms with Crippen molar-refractivity contribution in [3.05, 3.63) is 71.5 Å². The minimum atomic E-state index is -1.65. The lowest BCUT2D eigenvalue weighted by atomic mass is 10.1. The van der Waals surface area contributed by atoms with E-state index in [0.29, 0.717) is 11.5 Å². The van der Waals surface area contributed by atoms with Gasteiger partial charge in [-0.05, 0) is 37.6 Å². The predicted molar refractivity (Wildman–Crippen MR) is 116 cm³/mol. The van der Waals surface area contributed by atoms with Crippen LogP contribution in [-0.4, -0.2) is 40.5 Å². The average molecular weight is 420 g/mol. The van der Waals surface area contributed by atoms with Crippen molar-refractivity contribution in [2.45, 2.75) is 13.8 Å². The molecule has 1 atom stereocenters. The summed E-state index contributed by atoms with van der Waals surface area (Å²) in [5, 5.41) is 2.93. The Morgan fingerprint density at radius 1 is 1.21 bits per heavy atom. The second-order valence-corrected chi connectivity index (χ2v) is 8.13. The molecule has 0 radical (unpaired) electrons. The number of anilines is 2. The van der Waals surface area contributed by atoms with Crippen LogP contribution in [0.5, 0.6) is 0 Å². The van der Waals surface area contributed by atoms with Gasteiger partial charge < -0.3 is 10.3 Å². The fraction of sp³-hybridized carbons (Fsp3) is 0.250. The van der Waals surface area contributed by atoms with Crippen LogP contribution in [0.4, 0.5) is 15.9 Å². The molecule has 9 heteroatoms. The molecule has 2 aromatic rings. The summed E-state index contributed by atoms with van der Waals surface area (Å²) in [6, 6.07) is 8.94. The summed E-state index contributed by atoms with van der Waals surface area (Å²) in [6.45, 7) is 7.59. The van der Waals surface area contributed by atoms with E-state index in [0.717, 1.165) is 16.0 Å². The van der Waals surface area contributed by atoms with Crippen LogP contribution < -0.4 is 14.9 Å². The standard InChI is InChI=1S/C20H26FN5O2S/c1-13-9-10-16(14(2)12-13)23-19(15(3)24-29(28)25(4)5)18(21)20(27)26(6)17-8-7-11-22-17/h7-12,22-24H,3H2,1-2,4-6H3/b19-18-. The van der Waals surface area contributed by atoms with E-state index in [-0.39, 0.29) is 11.4 Å². The minimum Gasteiger partial charge on any atom is -0.351 e. The van der Waals surface area contributed by atoms with Crippen molar-refractivity contribution in [1.29, 1.82) is 0 Å². The van der Waals surface area contributed by atoms with E-state index in [9.17, 15) is 9.00 Å². The Labute approximate surface area is 173 Å². The fourth-order valence-electron chi connectivity index (χ4n) is 2.49. The smallest absolute Gasteiger partial charge is 0.290 e. The highest BCUT2D eigenvalue weighted by Crippen LogP contribution is 2.24. The number of benzene rings is 1. The van der Waals surface area contributed by atoms with Crippen LogP contribution in [-0.2, 0) is 16.0 Å². The third-order valence-corrected chi connectivity index (χ3v) is 5.22. The van der Waals surface area contributed by atoms with Gasteiger partial charge in [0.1, 0.15) is 11.5 Å². The van der Waals surface area contributed by atoms with E-state index in [4.69, 9.17) is 0 Å². The fourth-order valence-corrected chi connectivity index (χ4v) is 2.99. The summed E-state index contributed by atoms with van der Waals surface area (Å²) in [4.78, 5) is 16.7. The first-order valence-electron chi connectivity index (χ1n) is 8.82. The van der Waals surface area contributed by atoms with E-state index in [2.05, 4.69) is 21.6 Å². The van der Waals surface area contributed by atoms with Crippen LogP contribution in [0.1, 0.15) is 11.1 Å². The second-order valence-electron chi connectivity index (χ2n) is 6.69. The zero-order valence-corrected chi connectivity index (χ0v) is 18.0. The molecular weight excluding hydrogens is 393 g/mol. The third-order valence-electron chi connectivity index (χ3n) is 4.14. The number of aromatic nitrogens is 1. The number of carbonyl (C=O) groups is 1. The Hall–Kier alpha value is -2.91. The maximum atomic E-state index is 15.3. The Morgan fingerprint density at radius 3 is 2.45 bits per heavy atom. The second kappa shape index (κ2) is 9.53. The molecule has 7 nitrogen and oxygen atoms in total. The molecule has 0 bridgehead atoms. The molecule has 1 heterocycles. The van der Waals surface area contributed by atoms with Crippen LogP contribution >= 0.6 is 0 Å². The molecule has 0 saturated carbocycles. The summed E-state index contributed by atoms with van der Waals surface area (Å²) in [6.07, 6.45) is 1.64. The van der Waals surface area contributed by atoms with Crippen molar-refractivity contribution in [1.82, 2.24) is 14.0 Å². The number of hydrogen-bond donors (Lipinski definition) is 3. The van der Waals surface area contributed by atoms with Gasteiger partial charge >= 0.3 is 0 Å². The van der Waals surface area contributed by atoms with E-state index in [1.54, 1.807) is 38.5 Å². The van der Waals surface area contributed by atoms with Gasteiger partial charge in [0, 0.05) is 33.0 Å². The Balaban J connectivity index is 2.43. The van der Waals surface area contributed by atoms with Crippen LogP contribution in [0.2, 0.25) is 0 Å². The molecule has 2 rings (SSSR count). The zero-order chi connectivity index (χ0) is 21.7. The number of aromatic amines is 1. The van der Waals surface area contributed by atoms with Crippen molar-refractivity contribution in [3.8, 4) is 0 Å². The molecule has 0 aliphatic rings. The van der Waals surface area contributed by atoms with E-state index in [1.165, 1.54) is 11.4 Å². The van der Waals surface area contributed by atoms with Gasteiger partial charge in [0.05, 0.1) is 5.70 Å². The number of rotatable bonds is 8. The summed E-state index contributed by atoms with van der Waals surface area (Å²) in [7, 11) is 4.65. The number of likely N-dealkylation sites (N-methyl/N-ethyl adjacent to an activating group) is 1. The monoisotopic (exact) mass is 419 g/mol. The van der Waals surface area contributed by atoms with E-state index in [1.807, 2.05) is 26.0 Å². The molecule has 0 fully saturated rings.